The summed E-state index contributed by atoms with van der Waals surface area (Å²) >= 11 is 6.24. The number of hydrogen-bond acceptors (Lipinski definition) is 4. The molecule has 1 N–H and O–H groups in total. The van der Waals surface area contributed by atoms with Crippen molar-refractivity contribution >= 4 is 39.7 Å². The number of carbonyl (C=O) groups is 1. The summed E-state index contributed by atoms with van der Waals surface area (Å²) in [6.07, 6.45) is 4.68. The van der Waals surface area contributed by atoms with Crippen molar-refractivity contribution < 1.29 is 14.5 Å². The molecule has 1 aliphatic rings. The second kappa shape index (κ2) is 7.60. The monoisotopic (exact) mass is 411 g/mol. The van der Waals surface area contributed by atoms with Crippen LogP contribution in [0.2, 0.25) is 5.02 Å². The zero-order valence-electron chi connectivity index (χ0n) is 15.6. The van der Waals surface area contributed by atoms with Gasteiger partial charge in [0.05, 0.1) is 22.6 Å². The van der Waals surface area contributed by atoms with Crippen LogP contribution in [0.3, 0.4) is 0 Å². The maximum atomic E-state index is 12.8. The number of ether oxygens (including phenoxy) is 1. The molecule has 3 aromatic rings. The molecule has 4 rings (SSSR count). The Bertz CT molecular complexity index is 1150. The highest BCUT2D eigenvalue weighted by Crippen LogP contribution is 2.33. The summed E-state index contributed by atoms with van der Waals surface area (Å²) in [6, 6.07) is 9.97. The SMILES string of the molecule is COc1cc(C(=O)N2CC=C(c3c[nH]c4c(Cl)cccc34)CC2)ccc1[N+](=O)[O-]. The van der Waals surface area contributed by atoms with Gasteiger partial charge in [-0.1, -0.05) is 29.8 Å². The van der Waals surface area contributed by atoms with Crippen LogP contribution < -0.4 is 4.74 Å². The first-order valence-electron chi connectivity index (χ1n) is 9.06. The first kappa shape index (κ1) is 19.0. The Morgan fingerprint density at radius 2 is 2.14 bits per heavy atom. The van der Waals surface area contributed by atoms with E-state index in [1.165, 1.54) is 25.3 Å². The lowest BCUT2D eigenvalue weighted by molar-refractivity contribution is -0.385. The summed E-state index contributed by atoms with van der Waals surface area (Å²) in [7, 11) is 1.35. The van der Waals surface area contributed by atoms with Gasteiger partial charge in [-0.2, -0.15) is 0 Å². The number of aromatic amines is 1. The first-order valence-corrected chi connectivity index (χ1v) is 9.44. The molecule has 0 saturated heterocycles. The maximum absolute atomic E-state index is 12.8. The molecule has 1 aliphatic heterocycles. The molecule has 0 aliphatic carbocycles. The average Bonchev–Trinajstić information content (AvgIpc) is 3.18. The van der Waals surface area contributed by atoms with E-state index in [-0.39, 0.29) is 17.3 Å². The summed E-state index contributed by atoms with van der Waals surface area (Å²) in [5, 5.41) is 12.8. The number of aromatic nitrogens is 1. The number of halogens is 1. The van der Waals surface area contributed by atoms with Crippen molar-refractivity contribution in [1.29, 1.82) is 0 Å². The molecular formula is C21H18ClN3O4. The number of nitro groups is 1. The highest BCUT2D eigenvalue weighted by atomic mass is 35.5. The predicted octanol–water partition coefficient (Wildman–Crippen LogP) is 4.67. The van der Waals surface area contributed by atoms with Crippen LogP contribution in [0.5, 0.6) is 5.75 Å². The molecular weight excluding hydrogens is 394 g/mol. The number of carbonyl (C=O) groups excluding carboxylic acids is 1. The van der Waals surface area contributed by atoms with Crippen molar-refractivity contribution in [2.75, 3.05) is 20.2 Å². The quantitative estimate of drug-likeness (QED) is 0.499. The van der Waals surface area contributed by atoms with Gasteiger partial charge >= 0.3 is 5.69 Å². The molecule has 0 fully saturated rings. The van der Waals surface area contributed by atoms with E-state index in [0.717, 1.165) is 22.0 Å². The van der Waals surface area contributed by atoms with Crippen LogP contribution in [0.4, 0.5) is 5.69 Å². The van der Waals surface area contributed by atoms with Gasteiger partial charge < -0.3 is 14.6 Å². The number of nitrogens with zero attached hydrogens (tertiary/aromatic N) is 2. The summed E-state index contributed by atoms with van der Waals surface area (Å²) < 4.78 is 5.06. The minimum absolute atomic E-state index is 0.0739. The van der Waals surface area contributed by atoms with Crippen LogP contribution in [-0.2, 0) is 0 Å². The molecule has 0 unspecified atom stereocenters. The van der Waals surface area contributed by atoms with E-state index in [2.05, 4.69) is 4.98 Å². The Balaban J connectivity index is 1.56. The Hall–Kier alpha value is -3.32. The molecule has 0 saturated carbocycles. The highest BCUT2D eigenvalue weighted by Gasteiger charge is 2.23. The largest absolute Gasteiger partial charge is 0.490 e. The van der Waals surface area contributed by atoms with E-state index in [0.29, 0.717) is 30.1 Å². The molecule has 148 valence electrons. The predicted molar refractivity (Wildman–Crippen MR) is 111 cm³/mol. The smallest absolute Gasteiger partial charge is 0.310 e. The number of nitrogens with one attached hydrogen (secondary N) is 1. The van der Waals surface area contributed by atoms with Gasteiger partial charge in [0, 0.05) is 47.9 Å². The number of H-pyrrole nitrogens is 1. The second-order valence-corrected chi connectivity index (χ2v) is 7.15. The van der Waals surface area contributed by atoms with Crippen molar-refractivity contribution in [3.05, 3.63) is 74.9 Å². The zero-order chi connectivity index (χ0) is 20.5. The molecule has 29 heavy (non-hydrogen) atoms. The number of amides is 1. The molecule has 0 spiro atoms. The number of nitro benzene ring substituents is 1. The van der Waals surface area contributed by atoms with Gasteiger partial charge in [0.2, 0.25) is 0 Å². The van der Waals surface area contributed by atoms with Gasteiger partial charge in [-0.15, -0.1) is 0 Å². The van der Waals surface area contributed by atoms with E-state index in [9.17, 15) is 14.9 Å². The second-order valence-electron chi connectivity index (χ2n) is 6.74. The van der Waals surface area contributed by atoms with E-state index in [1.54, 1.807) is 4.90 Å². The number of hydrogen-bond donors (Lipinski definition) is 1. The molecule has 0 radical (unpaired) electrons. The Labute approximate surface area is 171 Å². The lowest BCUT2D eigenvalue weighted by Gasteiger charge is -2.26. The van der Waals surface area contributed by atoms with Crippen LogP contribution in [0.1, 0.15) is 22.3 Å². The fraction of sp³-hybridized carbons (Fsp3) is 0.190. The number of para-hydroxylation sites is 1. The van der Waals surface area contributed by atoms with Crippen molar-refractivity contribution in [3.8, 4) is 5.75 Å². The van der Waals surface area contributed by atoms with E-state index >= 15 is 0 Å². The summed E-state index contributed by atoms with van der Waals surface area (Å²) in [6.45, 7) is 1.01. The summed E-state index contributed by atoms with van der Waals surface area (Å²) in [4.78, 5) is 28.3. The van der Waals surface area contributed by atoms with Crippen LogP contribution in [0, 0.1) is 10.1 Å². The standard InChI is InChI=1S/C21H18ClN3O4/c1-29-19-11-14(5-6-18(19)25(27)28)21(26)24-9-7-13(8-10-24)16-12-23-20-15(16)3-2-4-17(20)22/h2-7,11-12,23H,8-10H2,1H3. The lowest BCUT2D eigenvalue weighted by Crippen LogP contribution is -2.34. The van der Waals surface area contributed by atoms with E-state index < -0.39 is 4.92 Å². The van der Waals surface area contributed by atoms with Crippen molar-refractivity contribution in [3.63, 3.8) is 0 Å². The van der Waals surface area contributed by atoms with Gasteiger partial charge in [0.15, 0.2) is 5.75 Å². The zero-order valence-corrected chi connectivity index (χ0v) is 16.4. The topological polar surface area (TPSA) is 88.5 Å². The summed E-state index contributed by atoms with van der Waals surface area (Å²) in [5.41, 5.74) is 3.35. The lowest BCUT2D eigenvalue weighted by atomic mass is 9.98. The fourth-order valence-electron chi connectivity index (χ4n) is 3.63. The third kappa shape index (κ3) is 3.45. The molecule has 2 heterocycles. The van der Waals surface area contributed by atoms with Gasteiger partial charge in [-0.25, -0.2) is 0 Å². The number of rotatable bonds is 4. The molecule has 7 nitrogen and oxygen atoms in total. The third-order valence-electron chi connectivity index (χ3n) is 5.13. The van der Waals surface area contributed by atoms with Crippen LogP contribution in [0.25, 0.3) is 16.5 Å². The maximum Gasteiger partial charge on any atom is 0.310 e. The fourth-order valence-corrected chi connectivity index (χ4v) is 3.85. The minimum atomic E-state index is -0.531. The minimum Gasteiger partial charge on any atom is -0.490 e. The van der Waals surface area contributed by atoms with Gasteiger partial charge in [0.25, 0.3) is 5.91 Å². The molecule has 1 amide bonds. The molecule has 8 heteroatoms. The highest BCUT2D eigenvalue weighted by molar-refractivity contribution is 6.35. The Morgan fingerprint density at radius 1 is 1.31 bits per heavy atom. The number of methoxy groups -OCH3 is 1. The molecule has 0 bridgehead atoms. The van der Waals surface area contributed by atoms with Gasteiger partial charge in [0.1, 0.15) is 0 Å². The average molecular weight is 412 g/mol. The normalized spacial score (nSPS) is 14.0. The third-order valence-corrected chi connectivity index (χ3v) is 5.45. The number of benzene rings is 2. The van der Waals surface area contributed by atoms with Crippen molar-refractivity contribution in [2.24, 2.45) is 0 Å². The Kier molecular flexibility index (Phi) is 4.98. The van der Waals surface area contributed by atoms with Crippen LogP contribution in [-0.4, -0.2) is 40.9 Å². The van der Waals surface area contributed by atoms with E-state index in [1.807, 2.05) is 30.5 Å². The molecule has 0 atom stereocenters. The van der Waals surface area contributed by atoms with Crippen LogP contribution in [0.15, 0.2) is 48.7 Å². The van der Waals surface area contributed by atoms with Gasteiger partial charge in [-0.3, -0.25) is 14.9 Å². The van der Waals surface area contributed by atoms with Crippen molar-refractivity contribution in [1.82, 2.24) is 9.88 Å². The van der Waals surface area contributed by atoms with E-state index in [4.69, 9.17) is 16.3 Å². The Morgan fingerprint density at radius 3 is 2.83 bits per heavy atom. The molecule has 2 aromatic carbocycles. The van der Waals surface area contributed by atoms with Crippen molar-refractivity contribution in [2.45, 2.75) is 6.42 Å². The first-order chi connectivity index (χ1) is 14.0. The van der Waals surface area contributed by atoms with Crippen LogP contribution >= 0.6 is 11.6 Å². The summed E-state index contributed by atoms with van der Waals surface area (Å²) in [5.74, 6) is -0.111. The van der Waals surface area contributed by atoms with Gasteiger partial charge in [-0.05, 0) is 24.1 Å². The molecule has 1 aromatic heterocycles. The number of fused-ring (bicyclic) bond motifs is 1.